The minimum Gasteiger partial charge on any atom is -0.325 e. The molecule has 0 bridgehead atoms. The van der Waals surface area contributed by atoms with Gasteiger partial charge in [-0.2, -0.15) is 0 Å². The lowest BCUT2D eigenvalue weighted by Gasteiger charge is -2.14. The number of benzene rings is 1. The fourth-order valence-electron chi connectivity index (χ4n) is 3.57. The van der Waals surface area contributed by atoms with Crippen molar-refractivity contribution in [3.05, 3.63) is 36.0 Å². The van der Waals surface area contributed by atoms with Crippen molar-refractivity contribution in [2.45, 2.75) is 26.2 Å². The molecule has 2 aliphatic carbocycles. The first kappa shape index (κ1) is 11.9. The number of carbonyl (C=O) groups is 1. The maximum Gasteiger partial charge on any atom is 0.227 e. The molecule has 1 aromatic carbocycles. The van der Waals surface area contributed by atoms with Gasteiger partial charge in [0.25, 0.3) is 0 Å². The molecule has 102 valence electrons. The van der Waals surface area contributed by atoms with Gasteiger partial charge in [-0.05, 0) is 50.2 Å². The molecule has 20 heavy (non-hydrogen) atoms. The number of aromatic nitrogens is 1. The normalized spacial score (nSPS) is 27.4. The molecule has 2 atom stereocenters. The van der Waals surface area contributed by atoms with E-state index in [1.807, 2.05) is 37.3 Å². The minimum atomic E-state index is 0.188. The molecule has 2 aromatic rings. The zero-order valence-corrected chi connectivity index (χ0v) is 11.6. The fourth-order valence-corrected chi connectivity index (χ4v) is 3.57. The number of anilines is 1. The summed E-state index contributed by atoms with van der Waals surface area (Å²) in [7, 11) is 0. The van der Waals surface area contributed by atoms with Gasteiger partial charge in [-0.1, -0.05) is 18.2 Å². The molecule has 2 unspecified atom stereocenters. The van der Waals surface area contributed by atoms with Gasteiger partial charge < -0.3 is 5.32 Å². The molecule has 0 aliphatic heterocycles. The van der Waals surface area contributed by atoms with Gasteiger partial charge in [0.1, 0.15) is 0 Å². The van der Waals surface area contributed by atoms with E-state index >= 15 is 0 Å². The van der Waals surface area contributed by atoms with Crippen molar-refractivity contribution in [3.8, 4) is 0 Å². The topological polar surface area (TPSA) is 42.0 Å². The molecule has 1 aromatic heterocycles. The number of amides is 1. The van der Waals surface area contributed by atoms with Crippen LogP contribution in [0.4, 0.5) is 5.69 Å². The average molecular weight is 266 g/mol. The van der Waals surface area contributed by atoms with E-state index in [0.717, 1.165) is 47.0 Å². The van der Waals surface area contributed by atoms with Gasteiger partial charge in [0, 0.05) is 17.0 Å². The Hall–Kier alpha value is -1.90. The number of carbonyl (C=O) groups excluding carboxylic acids is 1. The monoisotopic (exact) mass is 266 g/mol. The van der Waals surface area contributed by atoms with Gasteiger partial charge in [-0.3, -0.25) is 9.78 Å². The molecule has 2 fully saturated rings. The Kier molecular flexibility index (Phi) is 2.56. The molecule has 0 radical (unpaired) electrons. The Morgan fingerprint density at radius 3 is 2.75 bits per heavy atom. The lowest BCUT2D eigenvalue weighted by molar-refractivity contribution is -0.119. The van der Waals surface area contributed by atoms with Crippen LogP contribution in [-0.4, -0.2) is 10.9 Å². The van der Waals surface area contributed by atoms with E-state index in [-0.39, 0.29) is 11.8 Å². The van der Waals surface area contributed by atoms with Crippen molar-refractivity contribution in [2.24, 2.45) is 17.8 Å². The maximum absolute atomic E-state index is 12.4. The molecule has 4 rings (SSSR count). The molecular weight excluding hydrogens is 248 g/mol. The molecule has 2 aliphatic rings. The van der Waals surface area contributed by atoms with Crippen molar-refractivity contribution in [3.63, 3.8) is 0 Å². The number of para-hydroxylation sites is 1. The molecule has 2 saturated carbocycles. The predicted octanol–water partition coefficient (Wildman–Crippen LogP) is 3.53. The molecule has 0 saturated heterocycles. The van der Waals surface area contributed by atoms with Crippen LogP contribution in [0.15, 0.2) is 30.3 Å². The van der Waals surface area contributed by atoms with Gasteiger partial charge in [0.15, 0.2) is 0 Å². The van der Waals surface area contributed by atoms with Crippen LogP contribution in [0.1, 0.15) is 25.0 Å². The third-order valence-corrected chi connectivity index (χ3v) is 4.72. The summed E-state index contributed by atoms with van der Waals surface area (Å²) in [6, 6.07) is 9.94. The SMILES string of the molecule is Cc1cc(NC(=O)C2CC3CC3C2)c2ccccc2n1. The van der Waals surface area contributed by atoms with E-state index in [0.29, 0.717) is 0 Å². The van der Waals surface area contributed by atoms with Gasteiger partial charge in [-0.25, -0.2) is 0 Å². The molecule has 3 heteroatoms. The quantitative estimate of drug-likeness (QED) is 0.903. The third-order valence-electron chi connectivity index (χ3n) is 4.72. The standard InChI is InChI=1S/C17H18N2O/c1-10-6-16(14-4-2-3-5-15(14)18-10)19-17(20)13-8-11-7-12(11)9-13/h2-6,11-13H,7-9H2,1H3,(H,18,19,20). The lowest BCUT2D eigenvalue weighted by Crippen LogP contribution is -2.21. The van der Waals surface area contributed by atoms with Crippen LogP contribution in [-0.2, 0) is 4.79 Å². The second kappa shape index (κ2) is 4.30. The second-order valence-corrected chi connectivity index (χ2v) is 6.24. The van der Waals surface area contributed by atoms with E-state index in [4.69, 9.17) is 0 Å². The van der Waals surface area contributed by atoms with E-state index in [1.54, 1.807) is 0 Å². The maximum atomic E-state index is 12.4. The summed E-state index contributed by atoms with van der Waals surface area (Å²) in [5, 5.41) is 4.15. The van der Waals surface area contributed by atoms with Gasteiger partial charge in [-0.15, -0.1) is 0 Å². The number of rotatable bonds is 2. The van der Waals surface area contributed by atoms with Gasteiger partial charge >= 0.3 is 0 Å². The fraction of sp³-hybridized carbons (Fsp3) is 0.412. The van der Waals surface area contributed by atoms with Crippen molar-refractivity contribution in [1.29, 1.82) is 0 Å². The number of nitrogens with one attached hydrogen (secondary N) is 1. The Morgan fingerprint density at radius 2 is 1.95 bits per heavy atom. The summed E-state index contributed by atoms with van der Waals surface area (Å²) in [5.41, 5.74) is 2.78. The van der Waals surface area contributed by atoms with Crippen LogP contribution in [0.3, 0.4) is 0 Å². The zero-order chi connectivity index (χ0) is 13.7. The second-order valence-electron chi connectivity index (χ2n) is 6.24. The Morgan fingerprint density at radius 1 is 1.20 bits per heavy atom. The Bertz CT molecular complexity index is 684. The first-order valence-electron chi connectivity index (χ1n) is 7.38. The summed E-state index contributed by atoms with van der Waals surface area (Å²) in [6.45, 7) is 1.97. The first-order valence-corrected chi connectivity index (χ1v) is 7.38. The van der Waals surface area contributed by atoms with Crippen molar-refractivity contribution in [1.82, 2.24) is 4.98 Å². The number of hydrogen-bond donors (Lipinski definition) is 1. The molecule has 1 N–H and O–H groups in total. The van der Waals surface area contributed by atoms with Crippen molar-refractivity contribution >= 4 is 22.5 Å². The predicted molar refractivity (Wildman–Crippen MR) is 79.4 cm³/mol. The largest absolute Gasteiger partial charge is 0.325 e. The highest BCUT2D eigenvalue weighted by Crippen LogP contribution is 2.54. The number of hydrogen-bond acceptors (Lipinski definition) is 2. The third kappa shape index (κ3) is 1.98. The highest BCUT2D eigenvalue weighted by Gasteiger charge is 2.48. The van der Waals surface area contributed by atoms with Crippen LogP contribution >= 0.6 is 0 Å². The highest BCUT2D eigenvalue weighted by atomic mass is 16.1. The van der Waals surface area contributed by atoms with E-state index in [9.17, 15) is 4.79 Å². The van der Waals surface area contributed by atoms with Gasteiger partial charge in [0.2, 0.25) is 5.91 Å². The molecule has 0 spiro atoms. The van der Waals surface area contributed by atoms with Crippen LogP contribution in [0.5, 0.6) is 0 Å². The number of aryl methyl sites for hydroxylation is 1. The van der Waals surface area contributed by atoms with E-state index in [1.165, 1.54) is 6.42 Å². The summed E-state index contributed by atoms with van der Waals surface area (Å²) >= 11 is 0. The summed E-state index contributed by atoms with van der Waals surface area (Å²) < 4.78 is 0. The van der Waals surface area contributed by atoms with Crippen LogP contribution < -0.4 is 5.32 Å². The average Bonchev–Trinajstić information content (AvgIpc) is 3.05. The Balaban J connectivity index is 1.63. The minimum absolute atomic E-state index is 0.188. The van der Waals surface area contributed by atoms with Crippen LogP contribution in [0.2, 0.25) is 0 Å². The van der Waals surface area contributed by atoms with Crippen LogP contribution in [0, 0.1) is 24.7 Å². The number of fused-ring (bicyclic) bond motifs is 2. The first-order chi connectivity index (χ1) is 9.70. The molecular formula is C17H18N2O. The summed E-state index contributed by atoms with van der Waals surface area (Å²) in [6.07, 6.45) is 3.51. The Labute approximate surface area is 118 Å². The zero-order valence-electron chi connectivity index (χ0n) is 11.6. The van der Waals surface area contributed by atoms with Crippen molar-refractivity contribution < 1.29 is 4.79 Å². The molecule has 1 amide bonds. The van der Waals surface area contributed by atoms with Crippen molar-refractivity contribution in [2.75, 3.05) is 5.32 Å². The number of pyridine rings is 1. The summed E-state index contributed by atoms with van der Waals surface area (Å²) in [4.78, 5) is 16.9. The smallest absolute Gasteiger partial charge is 0.227 e. The summed E-state index contributed by atoms with van der Waals surface area (Å²) in [5.74, 6) is 2.07. The molecule has 3 nitrogen and oxygen atoms in total. The number of nitrogens with zero attached hydrogens (tertiary/aromatic N) is 1. The highest BCUT2D eigenvalue weighted by molar-refractivity contribution is 6.01. The molecule has 1 heterocycles. The van der Waals surface area contributed by atoms with E-state index in [2.05, 4.69) is 10.3 Å². The van der Waals surface area contributed by atoms with Gasteiger partial charge in [0.05, 0.1) is 11.2 Å². The lowest BCUT2D eigenvalue weighted by atomic mass is 10.0. The van der Waals surface area contributed by atoms with E-state index < -0.39 is 0 Å². The van der Waals surface area contributed by atoms with Crippen LogP contribution in [0.25, 0.3) is 10.9 Å².